The molecule has 0 radical (unpaired) electrons. The number of aromatic nitrogens is 3. The quantitative estimate of drug-likeness (QED) is 0.579. The molecule has 0 unspecified atom stereocenters. The van der Waals surface area contributed by atoms with Crippen LogP contribution in [0.1, 0.15) is 6.92 Å². The molecule has 4 N–H and O–H groups in total. The van der Waals surface area contributed by atoms with Gasteiger partial charge in [-0.15, -0.1) is 5.10 Å². The summed E-state index contributed by atoms with van der Waals surface area (Å²) in [7, 11) is 1.47. The maximum atomic E-state index is 12.9. The molecule has 10 heteroatoms. The van der Waals surface area contributed by atoms with E-state index in [1.54, 1.807) is 30.5 Å². The lowest BCUT2D eigenvalue weighted by atomic mass is 10.1. The zero-order valence-corrected chi connectivity index (χ0v) is 14.1. The second-order valence-electron chi connectivity index (χ2n) is 5.61. The van der Waals surface area contributed by atoms with Crippen LogP contribution in [-0.2, 0) is 0 Å². The number of nitrogens with one attached hydrogen (secondary N) is 2. The second-order valence-corrected chi connectivity index (χ2v) is 5.61. The number of halogens is 2. The smallest absolute Gasteiger partial charge is 0.258 e. The van der Waals surface area contributed by atoms with Gasteiger partial charge in [0.1, 0.15) is 11.2 Å². The van der Waals surface area contributed by atoms with Crippen LogP contribution in [0.25, 0.3) is 16.6 Å². The maximum Gasteiger partial charge on any atom is 0.258 e. The lowest BCUT2D eigenvalue weighted by Crippen LogP contribution is -2.23. The minimum absolute atomic E-state index is 0.0629. The fourth-order valence-electron chi connectivity index (χ4n) is 2.61. The van der Waals surface area contributed by atoms with Crippen molar-refractivity contribution in [3.63, 3.8) is 0 Å². The van der Waals surface area contributed by atoms with Crippen molar-refractivity contribution in [1.29, 1.82) is 5.53 Å². The van der Waals surface area contributed by atoms with E-state index in [9.17, 15) is 8.78 Å². The molecule has 1 aromatic carbocycles. The molecule has 3 aromatic rings. The molecule has 0 aliphatic rings. The summed E-state index contributed by atoms with van der Waals surface area (Å²) in [5, 5.41) is 10.2. The third-order valence-electron chi connectivity index (χ3n) is 3.88. The number of hydrogen-bond donors (Lipinski definition) is 3. The molecule has 2 heterocycles. The molecule has 26 heavy (non-hydrogen) atoms. The SMILES string of the molecule is COc1nc(N)nn2ccc(-c3ccc(N=N)c(N[C@H](C)C(F)F)c3)c12. The minimum atomic E-state index is -2.55. The summed E-state index contributed by atoms with van der Waals surface area (Å²) in [5.41, 5.74) is 15.5. The molecule has 136 valence electrons. The Labute approximate surface area is 147 Å². The van der Waals surface area contributed by atoms with Crippen LogP contribution in [0.2, 0.25) is 0 Å². The number of nitrogens with two attached hydrogens (primary N) is 1. The average Bonchev–Trinajstić information content (AvgIpc) is 3.04. The standard InChI is InChI=1S/C16H17F2N7O/c1-8(14(17)18)21-12-7-9(3-4-11(12)23-20)10-5-6-25-13(10)15(26-2)22-16(19)24-25/h3-8,14,20-21H,1-2H3,(H2,19,24)/t8-/m1/s1. The number of nitrogen functional groups attached to an aromatic ring is 1. The van der Waals surface area contributed by atoms with E-state index in [0.29, 0.717) is 22.6 Å². The van der Waals surface area contributed by atoms with Crippen molar-refractivity contribution in [3.8, 4) is 17.0 Å². The maximum absolute atomic E-state index is 12.9. The van der Waals surface area contributed by atoms with Gasteiger partial charge in [-0.25, -0.2) is 18.8 Å². The molecule has 0 aliphatic carbocycles. The Bertz CT molecular complexity index is 957. The van der Waals surface area contributed by atoms with Crippen LogP contribution in [0.5, 0.6) is 5.88 Å². The first kappa shape index (κ1) is 17.5. The van der Waals surface area contributed by atoms with E-state index >= 15 is 0 Å². The summed E-state index contributed by atoms with van der Waals surface area (Å²) in [5.74, 6) is 0.357. The molecule has 0 spiro atoms. The number of ether oxygens (including phenoxy) is 1. The Morgan fingerprint density at radius 2 is 2.12 bits per heavy atom. The molecule has 0 saturated carbocycles. The van der Waals surface area contributed by atoms with Crippen LogP contribution >= 0.6 is 0 Å². The lowest BCUT2D eigenvalue weighted by Gasteiger charge is -2.16. The van der Waals surface area contributed by atoms with Crippen molar-refractivity contribution < 1.29 is 13.5 Å². The molecule has 0 bridgehead atoms. The number of alkyl halides is 2. The molecule has 0 saturated heterocycles. The molecule has 0 fully saturated rings. The summed E-state index contributed by atoms with van der Waals surface area (Å²) in [6.07, 6.45) is -0.855. The van der Waals surface area contributed by atoms with Gasteiger partial charge >= 0.3 is 0 Å². The summed E-state index contributed by atoms with van der Waals surface area (Å²) in [4.78, 5) is 4.07. The topological polar surface area (TPSA) is 114 Å². The molecule has 0 aliphatic heterocycles. The van der Waals surface area contributed by atoms with Crippen LogP contribution in [0, 0.1) is 5.53 Å². The van der Waals surface area contributed by atoms with E-state index < -0.39 is 12.5 Å². The molecule has 0 amide bonds. The first-order valence-electron chi connectivity index (χ1n) is 7.70. The highest BCUT2D eigenvalue weighted by atomic mass is 19.3. The molecule has 8 nitrogen and oxygen atoms in total. The van der Waals surface area contributed by atoms with Crippen molar-refractivity contribution in [1.82, 2.24) is 14.6 Å². The van der Waals surface area contributed by atoms with Gasteiger partial charge < -0.3 is 15.8 Å². The monoisotopic (exact) mass is 361 g/mol. The van der Waals surface area contributed by atoms with Gasteiger partial charge in [0.2, 0.25) is 11.8 Å². The molecular formula is C16H17F2N7O. The van der Waals surface area contributed by atoms with Crippen LogP contribution < -0.4 is 15.8 Å². The van der Waals surface area contributed by atoms with E-state index in [2.05, 4.69) is 20.5 Å². The van der Waals surface area contributed by atoms with Gasteiger partial charge in [0.25, 0.3) is 6.43 Å². The van der Waals surface area contributed by atoms with Crippen molar-refractivity contribution >= 4 is 22.8 Å². The number of methoxy groups -OCH3 is 1. The number of fused-ring (bicyclic) bond motifs is 1. The molecule has 1 atom stereocenters. The van der Waals surface area contributed by atoms with Crippen LogP contribution in [0.15, 0.2) is 35.6 Å². The third kappa shape index (κ3) is 3.13. The average molecular weight is 361 g/mol. The summed E-state index contributed by atoms with van der Waals surface area (Å²) in [6, 6.07) is 5.67. The number of hydrogen-bond acceptors (Lipinski definition) is 7. The van der Waals surface area contributed by atoms with Gasteiger partial charge in [0, 0.05) is 11.8 Å². The third-order valence-corrected chi connectivity index (χ3v) is 3.88. The Morgan fingerprint density at radius 1 is 1.35 bits per heavy atom. The van der Waals surface area contributed by atoms with Gasteiger partial charge in [-0.3, -0.25) is 0 Å². The molecular weight excluding hydrogens is 344 g/mol. The number of anilines is 2. The lowest BCUT2D eigenvalue weighted by molar-refractivity contribution is 0.131. The van der Waals surface area contributed by atoms with E-state index in [1.165, 1.54) is 18.5 Å². The van der Waals surface area contributed by atoms with E-state index in [0.717, 1.165) is 5.56 Å². The van der Waals surface area contributed by atoms with Crippen molar-refractivity contribution in [2.75, 3.05) is 18.2 Å². The molecule has 2 aromatic heterocycles. The van der Waals surface area contributed by atoms with Crippen molar-refractivity contribution in [2.24, 2.45) is 5.11 Å². The predicted molar refractivity (Wildman–Crippen MR) is 93.3 cm³/mol. The highest BCUT2D eigenvalue weighted by Gasteiger charge is 2.18. The van der Waals surface area contributed by atoms with E-state index in [-0.39, 0.29) is 11.6 Å². The Balaban J connectivity index is 2.13. The van der Waals surface area contributed by atoms with Gasteiger partial charge in [0.15, 0.2) is 0 Å². The highest BCUT2D eigenvalue weighted by molar-refractivity contribution is 5.87. The highest BCUT2D eigenvalue weighted by Crippen LogP contribution is 2.36. The first-order valence-corrected chi connectivity index (χ1v) is 7.70. The normalized spacial score (nSPS) is 12.3. The summed E-state index contributed by atoms with van der Waals surface area (Å²) < 4.78 is 32.6. The zero-order chi connectivity index (χ0) is 18.8. The van der Waals surface area contributed by atoms with Crippen molar-refractivity contribution in [2.45, 2.75) is 19.4 Å². The van der Waals surface area contributed by atoms with Gasteiger partial charge in [-0.2, -0.15) is 10.1 Å². The number of rotatable bonds is 6. The Kier molecular flexibility index (Phi) is 4.65. The molecule has 3 rings (SSSR count). The summed E-state index contributed by atoms with van der Waals surface area (Å²) in [6.45, 7) is 1.36. The van der Waals surface area contributed by atoms with E-state index in [1.807, 2.05) is 0 Å². The number of nitrogens with zero attached hydrogens (tertiary/aromatic N) is 4. The van der Waals surface area contributed by atoms with Crippen molar-refractivity contribution in [3.05, 3.63) is 30.5 Å². The largest absolute Gasteiger partial charge is 0.479 e. The fraction of sp³-hybridized carbons (Fsp3) is 0.250. The van der Waals surface area contributed by atoms with Crippen LogP contribution in [-0.4, -0.2) is 34.2 Å². The second kappa shape index (κ2) is 6.90. The van der Waals surface area contributed by atoms with Gasteiger partial charge in [-0.1, -0.05) is 6.07 Å². The fourth-order valence-corrected chi connectivity index (χ4v) is 2.61. The van der Waals surface area contributed by atoms with E-state index in [4.69, 9.17) is 16.0 Å². The predicted octanol–water partition coefficient (Wildman–Crippen LogP) is 3.72. The first-order chi connectivity index (χ1) is 12.4. The number of benzene rings is 1. The van der Waals surface area contributed by atoms with Crippen LogP contribution in [0.4, 0.5) is 26.1 Å². The Hall–Kier alpha value is -3.30. The van der Waals surface area contributed by atoms with Gasteiger partial charge in [-0.05, 0) is 30.7 Å². The van der Waals surface area contributed by atoms with Gasteiger partial charge in [0.05, 0.1) is 18.8 Å². The minimum Gasteiger partial charge on any atom is -0.479 e. The zero-order valence-electron chi connectivity index (χ0n) is 14.1. The van der Waals surface area contributed by atoms with Crippen LogP contribution in [0.3, 0.4) is 0 Å². The summed E-state index contributed by atoms with van der Waals surface area (Å²) >= 11 is 0. The Morgan fingerprint density at radius 3 is 2.77 bits per heavy atom.